The van der Waals surface area contributed by atoms with Gasteiger partial charge in [0.05, 0.1) is 0 Å². The van der Waals surface area contributed by atoms with Gasteiger partial charge in [-0.15, -0.1) is 0 Å². The largest absolute Gasteiger partial charge is 0.481 e. The van der Waals surface area contributed by atoms with E-state index in [-0.39, 0.29) is 29.7 Å². The highest BCUT2D eigenvalue weighted by Crippen LogP contribution is 2.60. The number of hydrogen-bond acceptors (Lipinski definition) is 3. The Kier molecular flexibility index (Phi) is 4.20. The van der Waals surface area contributed by atoms with Gasteiger partial charge in [0.1, 0.15) is 0 Å². The molecule has 0 bridgehead atoms. The third-order valence-corrected chi connectivity index (χ3v) is 5.58. The highest BCUT2D eigenvalue weighted by molar-refractivity contribution is 5.83. The number of carbonyl (C=O) groups excluding carboxylic acids is 1. The van der Waals surface area contributed by atoms with E-state index in [0.717, 1.165) is 58.3 Å². The molecular formula is C16H25NO4. The highest BCUT2D eigenvalue weighted by atomic mass is 16.5. The number of amides is 1. The Morgan fingerprint density at radius 1 is 1.24 bits per heavy atom. The molecule has 3 rings (SSSR count). The second-order valence-electron chi connectivity index (χ2n) is 6.85. The van der Waals surface area contributed by atoms with E-state index in [9.17, 15) is 9.59 Å². The zero-order valence-corrected chi connectivity index (χ0v) is 12.6. The fraction of sp³-hybridized carbons (Fsp3) is 0.875. The van der Waals surface area contributed by atoms with E-state index in [0.29, 0.717) is 6.42 Å². The van der Waals surface area contributed by atoms with Gasteiger partial charge < -0.3 is 14.7 Å². The predicted octanol–water partition coefficient (Wildman–Crippen LogP) is 2.05. The smallest absolute Gasteiger partial charge is 0.303 e. The molecule has 0 aromatic carbocycles. The first kappa shape index (κ1) is 14.8. The second kappa shape index (κ2) is 5.95. The summed E-state index contributed by atoms with van der Waals surface area (Å²) >= 11 is 0. The lowest BCUT2D eigenvalue weighted by Crippen LogP contribution is -2.45. The quantitative estimate of drug-likeness (QED) is 0.862. The summed E-state index contributed by atoms with van der Waals surface area (Å²) in [6, 6.07) is 0.139. The number of carbonyl (C=O) groups is 2. The third kappa shape index (κ3) is 3.07. The van der Waals surface area contributed by atoms with Crippen molar-refractivity contribution in [3.05, 3.63) is 0 Å². The van der Waals surface area contributed by atoms with E-state index >= 15 is 0 Å². The van der Waals surface area contributed by atoms with Crippen molar-refractivity contribution in [2.45, 2.75) is 57.4 Å². The van der Waals surface area contributed by atoms with Gasteiger partial charge in [-0.1, -0.05) is 0 Å². The van der Waals surface area contributed by atoms with Crippen LogP contribution >= 0.6 is 0 Å². The maximum absolute atomic E-state index is 12.8. The third-order valence-electron chi connectivity index (χ3n) is 5.58. The number of carboxylic acid groups (broad SMARTS) is 1. The lowest BCUT2D eigenvalue weighted by Gasteiger charge is -2.36. The topological polar surface area (TPSA) is 66.8 Å². The van der Waals surface area contributed by atoms with Crippen molar-refractivity contribution in [2.75, 3.05) is 19.8 Å². The fourth-order valence-electron chi connectivity index (χ4n) is 4.11. The Bertz CT molecular complexity index is 417. The van der Waals surface area contributed by atoms with Crippen molar-refractivity contribution in [2.24, 2.45) is 11.3 Å². The lowest BCUT2D eigenvalue weighted by atomic mass is 9.92. The van der Waals surface area contributed by atoms with Gasteiger partial charge in [-0.2, -0.15) is 0 Å². The number of ether oxygens (including phenoxy) is 1. The van der Waals surface area contributed by atoms with Gasteiger partial charge in [0.15, 0.2) is 0 Å². The predicted molar refractivity (Wildman–Crippen MR) is 76.8 cm³/mol. The van der Waals surface area contributed by atoms with E-state index in [1.165, 1.54) is 0 Å². The van der Waals surface area contributed by atoms with E-state index < -0.39 is 5.97 Å². The standard InChI is InChI=1S/C16H25NO4/c18-14(19)5-4-12-3-1-2-8-17(12)15(20)13-11-16(13)6-9-21-10-7-16/h12-13H,1-11H2,(H,18,19). The molecule has 2 atom stereocenters. The van der Waals surface area contributed by atoms with Crippen LogP contribution in [0.1, 0.15) is 51.4 Å². The number of aliphatic carboxylic acids is 1. The molecule has 3 aliphatic rings. The summed E-state index contributed by atoms with van der Waals surface area (Å²) in [6.45, 7) is 2.38. The zero-order valence-electron chi connectivity index (χ0n) is 12.6. The van der Waals surface area contributed by atoms with E-state index in [1.807, 2.05) is 4.90 Å². The fourth-order valence-corrected chi connectivity index (χ4v) is 4.11. The Balaban J connectivity index is 1.60. The lowest BCUT2D eigenvalue weighted by molar-refractivity contribution is -0.141. The summed E-state index contributed by atoms with van der Waals surface area (Å²) in [5.74, 6) is -0.306. The van der Waals surface area contributed by atoms with Gasteiger partial charge in [0.25, 0.3) is 0 Å². The summed E-state index contributed by atoms with van der Waals surface area (Å²) in [5, 5.41) is 8.87. The second-order valence-corrected chi connectivity index (χ2v) is 6.85. The van der Waals surface area contributed by atoms with Crippen molar-refractivity contribution < 1.29 is 19.4 Å². The van der Waals surface area contributed by atoms with Crippen LogP contribution in [0.25, 0.3) is 0 Å². The van der Waals surface area contributed by atoms with Crippen LogP contribution in [0.15, 0.2) is 0 Å². The summed E-state index contributed by atoms with van der Waals surface area (Å²) in [6.07, 6.45) is 6.92. The van der Waals surface area contributed by atoms with E-state index in [1.54, 1.807) is 0 Å². The van der Waals surface area contributed by atoms with Crippen LogP contribution in [0, 0.1) is 11.3 Å². The summed E-state index contributed by atoms with van der Waals surface area (Å²) in [5.41, 5.74) is 0.212. The molecule has 0 radical (unpaired) electrons. The van der Waals surface area contributed by atoms with Crippen LogP contribution in [0.4, 0.5) is 0 Å². The highest BCUT2D eigenvalue weighted by Gasteiger charge is 2.59. The van der Waals surface area contributed by atoms with Gasteiger partial charge in [-0.05, 0) is 50.4 Å². The minimum atomic E-state index is -0.764. The number of piperidine rings is 1. The summed E-state index contributed by atoms with van der Waals surface area (Å²) in [7, 11) is 0. The van der Waals surface area contributed by atoms with Crippen LogP contribution < -0.4 is 0 Å². The Hall–Kier alpha value is -1.10. The van der Waals surface area contributed by atoms with Crippen LogP contribution in [0.3, 0.4) is 0 Å². The Labute approximate surface area is 125 Å². The molecule has 0 aromatic heterocycles. The van der Waals surface area contributed by atoms with Crippen LogP contribution in [0.2, 0.25) is 0 Å². The first-order valence-corrected chi connectivity index (χ1v) is 8.22. The maximum atomic E-state index is 12.8. The van der Waals surface area contributed by atoms with Crippen molar-refractivity contribution >= 4 is 11.9 Å². The Morgan fingerprint density at radius 2 is 2.00 bits per heavy atom. The molecule has 5 heteroatoms. The van der Waals surface area contributed by atoms with Gasteiger partial charge in [0.2, 0.25) is 5.91 Å². The molecule has 21 heavy (non-hydrogen) atoms. The molecule has 118 valence electrons. The minimum Gasteiger partial charge on any atom is -0.481 e. The SMILES string of the molecule is O=C(O)CCC1CCCCN1C(=O)C1CC12CCOCC2. The van der Waals surface area contributed by atoms with Crippen LogP contribution in [-0.2, 0) is 14.3 Å². The minimum absolute atomic E-state index is 0.139. The molecule has 1 amide bonds. The Morgan fingerprint density at radius 3 is 2.71 bits per heavy atom. The van der Waals surface area contributed by atoms with Crippen LogP contribution in [0.5, 0.6) is 0 Å². The van der Waals surface area contributed by atoms with Gasteiger partial charge in [0, 0.05) is 38.1 Å². The molecule has 1 saturated carbocycles. The molecule has 3 fully saturated rings. The molecule has 0 aromatic rings. The monoisotopic (exact) mass is 295 g/mol. The van der Waals surface area contributed by atoms with Crippen molar-refractivity contribution in [1.82, 2.24) is 4.90 Å². The van der Waals surface area contributed by atoms with Gasteiger partial charge in [-0.25, -0.2) is 0 Å². The number of nitrogens with zero attached hydrogens (tertiary/aromatic N) is 1. The van der Waals surface area contributed by atoms with Crippen molar-refractivity contribution in [3.8, 4) is 0 Å². The first-order chi connectivity index (χ1) is 10.1. The first-order valence-electron chi connectivity index (χ1n) is 8.22. The normalized spacial score (nSPS) is 31.1. The molecule has 2 aliphatic heterocycles. The molecule has 1 spiro atoms. The van der Waals surface area contributed by atoms with Gasteiger partial charge >= 0.3 is 5.97 Å². The molecule has 2 saturated heterocycles. The molecule has 2 unspecified atom stereocenters. The van der Waals surface area contributed by atoms with Crippen molar-refractivity contribution in [1.29, 1.82) is 0 Å². The van der Waals surface area contributed by atoms with E-state index in [4.69, 9.17) is 9.84 Å². The van der Waals surface area contributed by atoms with Crippen molar-refractivity contribution in [3.63, 3.8) is 0 Å². The molecule has 2 heterocycles. The number of carboxylic acids is 1. The van der Waals surface area contributed by atoms with Crippen LogP contribution in [-0.4, -0.2) is 47.7 Å². The molecule has 5 nitrogen and oxygen atoms in total. The molecule has 1 aliphatic carbocycles. The number of hydrogen-bond donors (Lipinski definition) is 1. The number of rotatable bonds is 4. The maximum Gasteiger partial charge on any atom is 0.303 e. The number of likely N-dealkylation sites (tertiary alicyclic amines) is 1. The van der Waals surface area contributed by atoms with Gasteiger partial charge in [-0.3, -0.25) is 9.59 Å². The summed E-state index contributed by atoms with van der Waals surface area (Å²) in [4.78, 5) is 25.6. The average molecular weight is 295 g/mol. The molecular weight excluding hydrogens is 270 g/mol. The molecule has 1 N–H and O–H groups in total. The van der Waals surface area contributed by atoms with E-state index in [2.05, 4.69) is 0 Å². The summed E-state index contributed by atoms with van der Waals surface area (Å²) < 4.78 is 5.41. The average Bonchev–Trinajstić information content (AvgIpc) is 3.18. The zero-order chi connectivity index (χ0) is 14.9.